The van der Waals surface area contributed by atoms with Crippen LogP contribution in [0, 0.1) is 62.6 Å². The van der Waals surface area contributed by atoms with Gasteiger partial charge in [0.2, 0.25) is 0 Å². The van der Waals surface area contributed by atoms with E-state index in [0.717, 1.165) is 6.42 Å². The topological polar surface area (TPSA) is 46.5 Å². The van der Waals surface area contributed by atoms with Gasteiger partial charge in [-0.2, -0.15) is 0 Å². The molecule has 0 saturated heterocycles. The lowest BCUT2D eigenvalue weighted by atomic mass is 9.32. The molecule has 0 aliphatic heterocycles. The lowest BCUT2D eigenvalue weighted by Gasteiger charge is -2.72. The average Bonchev–Trinajstić information content (AvgIpc) is 3.31. The molecule has 1 aromatic carbocycles. The van der Waals surface area contributed by atoms with Gasteiger partial charge in [-0.25, -0.2) is 4.79 Å². The highest BCUT2D eigenvalue weighted by Gasteiger charge is 2.71. The molecular formula is C37H54O3. The van der Waals surface area contributed by atoms with Crippen molar-refractivity contribution >= 4 is 5.97 Å². The summed E-state index contributed by atoms with van der Waals surface area (Å²) in [6.45, 7) is 17.9. The summed E-state index contributed by atoms with van der Waals surface area (Å²) in [4.78, 5) is 13.1. The number of benzene rings is 1. The van der Waals surface area contributed by atoms with Gasteiger partial charge in [-0.05, 0) is 115 Å². The zero-order chi connectivity index (χ0) is 28.7. The molecule has 3 heteroatoms. The number of carbonyl (C=O) groups is 1. The molecule has 10 atom stereocenters. The monoisotopic (exact) mass is 546 g/mol. The smallest absolute Gasteiger partial charge is 0.338 e. The number of ether oxygens (including phenoxy) is 1. The van der Waals surface area contributed by atoms with Crippen LogP contribution in [-0.4, -0.2) is 23.8 Å². The molecule has 5 aliphatic rings. The number of hydrogen-bond donors (Lipinski definition) is 1. The van der Waals surface area contributed by atoms with Gasteiger partial charge < -0.3 is 9.84 Å². The first-order valence-electron chi connectivity index (χ1n) is 16.4. The van der Waals surface area contributed by atoms with Crippen molar-refractivity contribution in [1.82, 2.24) is 0 Å². The number of carbonyl (C=O) groups excluding carboxylic acids is 1. The predicted molar refractivity (Wildman–Crippen MR) is 162 cm³/mol. The molecule has 0 spiro atoms. The molecule has 4 fully saturated rings. The molecule has 0 amide bonds. The Balaban J connectivity index is 1.34. The lowest BCUT2D eigenvalue weighted by Crippen LogP contribution is -2.67. The van der Waals surface area contributed by atoms with Crippen molar-refractivity contribution in [3.05, 3.63) is 48.0 Å². The van der Waals surface area contributed by atoms with E-state index in [0.29, 0.717) is 47.7 Å². The van der Waals surface area contributed by atoms with Gasteiger partial charge in [0.25, 0.3) is 0 Å². The fourth-order valence-corrected chi connectivity index (χ4v) is 12.2. The Labute approximate surface area is 243 Å². The molecule has 0 aromatic heterocycles. The Bertz CT molecular complexity index is 1150. The van der Waals surface area contributed by atoms with Crippen molar-refractivity contribution < 1.29 is 14.6 Å². The summed E-state index contributed by atoms with van der Waals surface area (Å²) in [7, 11) is 0. The van der Waals surface area contributed by atoms with Gasteiger partial charge in [0, 0.05) is 10.8 Å². The molecule has 40 heavy (non-hydrogen) atoms. The molecular weight excluding hydrogens is 492 g/mol. The number of allylic oxidation sites excluding steroid dienone is 1. The highest BCUT2D eigenvalue weighted by atomic mass is 16.5. The molecule has 3 nitrogen and oxygen atoms in total. The predicted octanol–water partition coefficient (Wildman–Crippen LogP) is 8.72. The minimum absolute atomic E-state index is 0.0773. The van der Waals surface area contributed by atoms with Gasteiger partial charge in [0.15, 0.2) is 0 Å². The Kier molecular flexibility index (Phi) is 6.73. The Morgan fingerprint density at radius 3 is 2.33 bits per heavy atom. The van der Waals surface area contributed by atoms with E-state index in [1.165, 1.54) is 44.9 Å². The van der Waals surface area contributed by atoms with E-state index >= 15 is 0 Å². The van der Waals surface area contributed by atoms with Crippen LogP contribution in [0.25, 0.3) is 0 Å². The van der Waals surface area contributed by atoms with Crippen molar-refractivity contribution in [2.45, 2.75) is 106 Å². The first kappa shape index (κ1) is 28.5. The summed E-state index contributed by atoms with van der Waals surface area (Å²) in [5, 5.41) is 11.6. The Morgan fingerprint density at radius 2 is 1.62 bits per heavy atom. The van der Waals surface area contributed by atoms with Crippen LogP contribution >= 0.6 is 0 Å². The first-order chi connectivity index (χ1) is 18.8. The van der Waals surface area contributed by atoms with Crippen LogP contribution in [0.1, 0.15) is 110 Å². The number of rotatable bonds is 4. The second kappa shape index (κ2) is 9.45. The molecule has 1 N–H and O–H groups in total. The van der Waals surface area contributed by atoms with E-state index < -0.39 is 0 Å². The minimum Gasteiger partial charge on any atom is -0.461 e. The van der Waals surface area contributed by atoms with Crippen LogP contribution in [0.4, 0.5) is 0 Å². The number of aliphatic hydroxyl groups excluding tert-OH is 1. The van der Waals surface area contributed by atoms with Crippen LogP contribution in [0.5, 0.6) is 0 Å². The molecule has 6 rings (SSSR count). The van der Waals surface area contributed by atoms with E-state index in [1.54, 1.807) is 0 Å². The zero-order valence-electron chi connectivity index (χ0n) is 26.2. The summed E-state index contributed by atoms with van der Waals surface area (Å²) in [6, 6.07) is 9.53. The van der Waals surface area contributed by atoms with Crippen molar-refractivity contribution in [1.29, 1.82) is 0 Å². The molecule has 0 unspecified atom stereocenters. The van der Waals surface area contributed by atoms with Gasteiger partial charge in [-0.1, -0.05) is 78.8 Å². The molecule has 4 saturated carbocycles. The standard InChI is InChI=1S/C37H54O3/c1-24(2)26-15-20-37(23-40-32(39)25-11-9-8-10-12-25)22-21-34(5)27(31(26)37)13-14-29-35(34,6)19-16-28-33(3,4)18-17-30(38)36(28,29)7/h8-12,17-18,24,26-31,38H,13-16,19-23H2,1-7H3/t26-,27+,28-,29-,30-,31+,34+,35+,36-,37+/m0/s1. The van der Waals surface area contributed by atoms with Crippen molar-refractivity contribution in [3.8, 4) is 0 Å². The SMILES string of the molecule is CC(C)[C@@H]1CC[C@]2(COC(=O)c3ccccc3)CC[C@]3(C)[C@H](CC[C@@H]4[C@@]5(C)[C@@H](O)C=CC(C)(C)[C@@H]5CC[C@]43C)[C@@H]12. The second-order valence-corrected chi connectivity index (χ2v) is 16.4. The molecule has 0 radical (unpaired) electrons. The third-order valence-electron chi connectivity index (χ3n) is 14.4. The van der Waals surface area contributed by atoms with E-state index in [4.69, 9.17) is 4.74 Å². The van der Waals surface area contributed by atoms with E-state index in [2.05, 4.69) is 60.6 Å². The van der Waals surface area contributed by atoms with Gasteiger partial charge in [-0.15, -0.1) is 0 Å². The third kappa shape index (κ3) is 3.81. The Morgan fingerprint density at radius 1 is 0.900 bits per heavy atom. The van der Waals surface area contributed by atoms with Gasteiger partial charge in [-0.3, -0.25) is 0 Å². The molecule has 220 valence electrons. The summed E-state index contributed by atoms with van der Waals surface area (Å²) in [6.07, 6.45) is 13.8. The van der Waals surface area contributed by atoms with Crippen LogP contribution in [0.3, 0.4) is 0 Å². The van der Waals surface area contributed by atoms with Crippen molar-refractivity contribution in [2.24, 2.45) is 62.6 Å². The Hall–Kier alpha value is -1.61. The zero-order valence-corrected chi connectivity index (χ0v) is 26.2. The molecule has 1 aromatic rings. The van der Waals surface area contributed by atoms with Gasteiger partial charge in [0.05, 0.1) is 18.3 Å². The van der Waals surface area contributed by atoms with E-state index in [9.17, 15) is 9.90 Å². The number of aliphatic hydroxyl groups is 1. The van der Waals surface area contributed by atoms with Gasteiger partial charge >= 0.3 is 5.97 Å². The van der Waals surface area contributed by atoms with Gasteiger partial charge in [0.1, 0.15) is 0 Å². The summed E-state index contributed by atoms with van der Waals surface area (Å²) in [5.74, 6) is 3.47. The average molecular weight is 547 g/mol. The highest BCUT2D eigenvalue weighted by Crippen LogP contribution is 2.77. The highest BCUT2D eigenvalue weighted by molar-refractivity contribution is 5.89. The maximum Gasteiger partial charge on any atom is 0.338 e. The molecule has 0 heterocycles. The van der Waals surface area contributed by atoms with Crippen molar-refractivity contribution in [2.75, 3.05) is 6.61 Å². The first-order valence-corrected chi connectivity index (χ1v) is 16.4. The third-order valence-corrected chi connectivity index (χ3v) is 14.4. The number of esters is 1. The fraction of sp³-hybridized carbons (Fsp3) is 0.757. The second-order valence-electron chi connectivity index (χ2n) is 16.4. The maximum absolute atomic E-state index is 13.1. The quantitative estimate of drug-likeness (QED) is 0.303. The maximum atomic E-state index is 13.1. The number of fused-ring (bicyclic) bond motifs is 7. The largest absolute Gasteiger partial charge is 0.461 e. The van der Waals surface area contributed by atoms with Crippen LogP contribution in [-0.2, 0) is 4.74 Å². The summed E-state index contributed by atoms with van der Waals surface area (Å²) in [5.41, 5.74) is 1.26. The fourth-order valence-electron chi connectivity index (χ4n) is 12.2. The van der Waals surface area contributed by atoms with E-state index in [1.807, 2.05) is 30.3 Å². The normalized spacial score (nSPS) is 47.1. The molecule has 0 bridgehead atoms. The lowest BCUT2D eigenvalue weighted by molar-refractivity contribution is -0.246. The van der Waals surface area contributed by atoms with Crippen LogP contribution < -0.4 is 0 Å². The van der Waals surface area contributed by atoms with Crippen LogP contribution in [0.2, 0.25) is 0 Å². The summed E-state index contributed by atoms with van der Waals surface area (Å²) >= 11 is 0. The van der Waals surface area contributed by atoms with Crippen molar-refractivity contribution in [3.63, 3.8) is 0 Å². The molecule has 5 aliphatic carbocycles. The van der Waals surface area contributed by atoms with E-state index in [-0.39, 0.29) is 39.1 Å². The number of hydrogen-bond acceptors (Lipinski definition) is 3. The minimum atomic E-state index is -0.356. The van der Waals surface area contributed by atoms with Crippen LogP contribution in [0.15, 0.2) is 42.5 Å². The summed E-state index contributed by atoms with van der Waals surface area (Å²) < 4.78 is 6.19.